The van der Waals surface area contributed by atoms with Gasteiger partial charge in [-0.05, 0) is 42.8 Å². The van der Waals surface area contributed by atoms with Gasteiger partial charge in [0.05, 0.1) is 19.6 Å². The minimum atomic E-state index is -0.190. The van der Waals surface area contributed by atoms with Crippen molar-refractivity contribution in [2.24, 2.45) is 0 Å². The van der Waals surface area contributed by atoms with Crippen molar-refractivity contribution in [1.82, 2.24) is 9.88 Å². The highest BCUT2D eigenvalue weighted by atomic mass is 16.7. The largest absolute Gasteiger partial charge is 0.469 e. The van der Waals surface area contributed by atoms with Crippen LogP contribution in [0.1, 0.15) is 29.3 Å². The smallest absolute Gasteiger partial charge is 0.307 e. The number of rotatable bonds is 3. The van der Waals surface area contributed by atoms with Crippen molar-refractivity contribution in [2.45, 2.75) is 24.9 Å². The van der Waals surface area contributed by atoms with Gasteiger partial charge in [0.2, 0.25) is 6.79 Å². The summed E-state index contributed by atoms with van der Waals surface area (Å²) in [6, 6.07) is 14.4. The Hall–Kier alpha value is -2.99. The van der Waals surface area contributed by atoms with Gasteiger partial charge in [0.1, 0.15) is 0 Å². The van der Waals surface area contributed by atoms with E-state index >= 15 is 0 Å². The summed E-state index contributed by atoms with van der Waals surface area (Å²) in [6.07, 6.45) is 1.15. The molecule has 2 aromatic carbocycles. The van der Waals surface area contributed by atoms with E-state index in [4.69, 9.17) is 14.2 Å². The van der Waals surface area contributed by atoms with E-state index in [2.05, 4.69) is 41.2 Å². The van der Waals surface area contributed by atoms with Gasteiger partial charge in [0.15, 0.2) is 11.5 Å². The van der Waals surface area contributed by atoms with Gasteiger partial charge >= 0.3 is 5.97 Å². The fourth-order valence-corrected chi connectivity index (χ4v) is 4.45. The number of nitrogens with zero attached hydrogens (tertiary/aromatic N) is 1. The zero-order chi connectivity index (χ0) is 19.3. The second-order valence-electron chi connectivity index (χ2n) is 7.38. The normalized spacial score (nSPS) is 20.9. The van der Waals surface area contributed by atoms with E-state index in [9.17, 15) is 4.79 Å². The van der Waals surface area contributed by atoms with Gasteiger partial charge in [0.25, 0.3) is 0 Å². The second-order valence-corrected chi connectivity index (χ2v) is 7.38. The molecule has 5 rings (SSSR count). The minimum absolute atomic E-state index is 0.0136. The number of ether oxygens (including phenoxy) is 3. The molecule has 0 saturated heterocycles. The monoisotopic (exact) mass is 378 g/mol. The molecule has 2 aliphatic rings. The number of carbonyl (C=O) groups is 1. The molecule has 2 aliphatic heterocycles. The van der Waals surface area contributed by atoms with Crippen molar-refractivity contribution in [2.75, 3.05) is 21.0 Å². The Labute approximate surface area is 163 Å². The number of hydrogen-bond donors (Lipinski definition) is 1. The highest BCUT2D eigenvalue weighted by Gasteiger charge is 2.37. The third-order valence-electron chi connectivity index (χ3n) is 5.89. The molecule has 3 heterocycles. The molecule has 6 heteroatoms. The maximum atomic E-state index is 12.0. The van der Waals surface area contributed by atoms with Crippen molar-refractivity contribution >= 4 is 16.9 Å². The number of hydrogen-bond acceptors (Lipinski definition) is 5. The van der Waals surface area contributed by atoms with Gasteiger partial charge < -0.3 is 19.2 Å². The van der Waals surface area contributed by atoms with Crippen LogP contribution in [-0.4, -0.2) is 42.8 Å². The molecule has 0 aliphatic carbocycles. The number of likely N-dealkylation sites (N-methyl/N-ethyl adjacent to an activating group) is 1. The zero-order valence-electron chi connectivity index (χ0n) is 15.9. The molecule has 2 atom stereocenters. The molecule has 1 aromatic heterocycles. The fraction of sp³-hybridized carbons (Fsp3) is 0.318. The number of nitrogens with one attached hydrogen (secondary N) is 1. The van der Waals surface area contributed by atoms with Crippen molar-refractivity contribution in [3.05, 3.63) is 59.3 Å². The molecule has 28 heavy (non-hydrogen) atoms. The topological polar surface area (TPSA) is 63.8 Å². The lowest BCUT2D eigenvalue weighted by molar-refractivity contribution is -0.142. The molecule has 3 aromatic rings. The van der Waals surface area contributed by atoms with Crippen LogP contribution in [0.4, 0.5) is 0 Å². The Morgan fingerprint density at radius 3 is 2.89 bits per heavy atom. The van der Waals surface area contributed by atoms with Crippen LogP contribution in [-0.2, 0) is 16.0 Å². The molecule has 6 nitrogen and oxygen atoms in total. The SMILES string of the molecule is COC(=O)CC1Cc2c([nH]c3ccccc23)[C@H](c2ccc3c(c2)OCO3)N1C. The number of carbonyl (C=O) groups excluding carboxylic acids is 1. The van der Waals surface area contributed by atoms with Gasteiger partial charge in [-0.2, -0.15) is 0 Å². The van der Waals surface area contributed by atoms with Gasteiger partial charge in [-0.1, -0.05) is 24.3 Å². The average Bonchev–Trinajstić information content (AvgIpc) is 3.32. The van der Waals surface area contributed by atoms with Crippen LogP contribution in [0.15, 0.2) is 42.5 Å². The molecule has 0 saturated carbocycles. The predicted octanol–water partition coefficient (Wildman–Crippen LogP) is 3.41. The minimum Gasteiger partial charge on any atom is -0.469 e. The van der Waals surface area contributed by atoms with Crippen molar-refractivity contribution in [3.63, 3.8) is 0 Å². The van der Waals surface area contributed by atoms with Crippen LogP contribution >= 0.6 is 0 Å². The number of aromatic nitrogens is 1. The summed E-state index contributed by atoms with van der Waals surface area (Å²) >= 11 is 0. The summed E-state index contributed by atoms with van der Waals surface area (Å²) in [6.45, 7) is 0.252. The number of fused-ring (bicyclic) bond motifs is 4. The number of H-pyrrole nitrogens is 1. The standard InChI is InChI=1S/C22H22N2O4/c1-24-14(11-20(25)26-2)10-16-15-5-3-4-6-17(15)23-21(16)22(24)13-7-8-18-19(9-13)28-12-27-18/h3-9,14,22-23H,10-12H2,1-2H3/t14?,22-/m0/s1. The first-order chi connectivity index (χ1) is 13.7. The van der Waals surface area contributed by atoms with Crippen LogP contribution in [0.2, 0.25) is 0 Å². The van der Waals surface area contributed by atoms with Gasteiger partial charge in [-0.3, -0.25) is 9.69 Å². The van der Waals surface area contributed by atoms with Crippen molar-refractivity contribution < 1.29 is 19.0 Å². The summed E-state index contributed by atoms with van der Waals surface area (Å²) in [4.78, 5) is 17.9. The molecule has 0 fully saturated rings. The lowest BCUT2D eigenvalue weighted by Gasteiger charge is -2.39. The van der Waals surface area contributed by atoms with Gasteiger partial charge in [-0.25, -0.2) is 0 Å². The lowest BCUT2D eigenvalue weighted by Crippen LogP contribution is -2.42. The number of benzene rings is 2. The first kappa shape index (κ1) is 17.1. The van der Waals surface area contributed by atoms with E-state index in [0.29, 0.717) is 6.42 Å². The van der Waals surface area contributed by atoms with E-state index in [0.717, 1.165) is 29.0 Å². The summed E-state index contributed by atoms with van der Waals surface area (Å²) in [5.74, 6) is 1.34. The Balaban J connectivity index is 1.64. The van der Waals surface area contributed by atoms with Crippen molar-refractivity contribution in [1.29, 1.82) is 0 Å². The zero-order valence-corrected chi connectivity index (χ0v) is 15.9. The van der Waals surface area contributed by atoms with Crippen LogP contribution in [0, 0.1) is 0 Å². The molecule has 0 radical (unpaired) electrons. The fourth-order valence-electron chi connectivity index (χ4n) is 4.45. The Morgan fingerprint density at radius 1 is 1.21 bits per heavy atom. The Morgan fingerprint density at radius 2 is 2.04 bits per heavy atom. The van der Waals surface area contributed by atoms with Crippen molar-refractivity contribution in [3.8, 4) is 11.5 Å². The molecule has 0 bridgehead atoms. The maximum absolute atomic E-state index is 12.0. The molecule has 144 valence electrons. The van der Waals surface area contributed by atoms with Gasteiger partial charge in [0, 0.05) is 22.6 Å². The molecule has 1 unspecified atom stereocenters. The second kappa shape index (κ2) is 6.56. The van der Waals surface area contributed by atoms with Crippen LogP contribution in [0.5, 0.6) is 11.5 Å². The van der Waals surface area contributed by atoms with E-state index in [1.807, 2.05) is 18.2 Å². The molecule has 0 spiro atoms. The summed E-state index contributed by atoms with van der Waals surface area (Å²) < 4.78 is 16.0. The highest BCUT2D eigenvalue weighted by Crippen LogP contribution is 2.43. The van der Waals surface area contributed by atoms with Gasteiger partial charge in [-0.15, -0.1) is 0 Å². The quantitative estimate of drug-likeness (QED) is 0.708. The molecular weight excluding hydrogens is 356 g/mol. The number of para-hydroxylation sites is 1. The maximum Gasteiger partial charge on any atom is 0.307 e. The first-order valence-electron chi connectivity index (χ1n) is 9.43. The lowest BCUT2D eigenvalue weighted by atomic mass is 9.87. The molecule has 0 amide bonds. The first-order valence-corrected chi connectivity index (χ1v) is 9.43. The number of methoxy groups -OCH3 is 1. The van der Waals surface area contributed by atoms with Crippen LogP contribution in [0.3, 0.4) is 0 Å². The van der Waals surface area contributed by atoms with Crippen LogP contribution < -0.4 is 9.47 Å². The third-order valence-corrected chi connectivity index (χ3v) is 5.89. The number of esters is 1. The predicted molar refractivity (Wildman–Crippen MR) is 105 cm³/mol. The molecule has 1 N–H and O–H groups in total. The Bertz CT molecular complexity index is 1060. The van der Waals surface area contributed by atoms with E-state index in [1.165, 1.54) is 23.8 Å². The number of aromatic amines is 1. The van der Waals surface area contributed by atoms with Crippen LogP contribution in [0.25, 0.3) is 10.9 Å². The average molecular weight is 378 g/mol. The summed E-state index contributed by atoms with van der Waals surface area (Å²) in [5, 5.41) is 1.21. The summed E-state index contributed by atoms with van der Waals surface area (Å²) in [7, 11) is 3.51. The summed E-state index contributed by atoms with van der Waals surface area (Å²) in [5.41, 5.74) is 4.66. The Kier molecular flexibility index (Phi) is 4.02. The molecular formula is C22H22N2O4. The van der Waals surface area contributed by atoms with E-state index in [1.54, 1.807) is 0 Å². The van der Waals surface area contributed by atoms with E-state index < -0.39 is 0 Å². The third kappa shape index (κ3) is 2.64. The highest BCUT2D eigenvalue weighted by molar-refractivity contribution is 5.85. The van der Waals surface area contributed by atoms with E-state index in [-0.39, 0.29) is 24.8 Å².